The van der Waals surface area contributed by atoms with E-state index in [2.05, 4.69) is 29.2 Å². The first-order valence-corrected chi connectivity index (χ1v) is 6.14. The van der Waals surface area contributed by atoms with Crippen LogP contribution in [0.1, 0.15) is 23.2 Å². The van der Waals surface area contributed by atoms with Gasteiger partial charge in [0.25, 0.3) is 5.91 Å². The number of allylic oxidation sites excluding steroid dienone is 1. The van der Waals surface area contributed by atoms with Crippen molar-refractivity contribution >= 4 is 34.5 Å². The van der Waals surface area contributed by atoms with E-state index in [0.29, 0.717) is 24.1 Å². The van der Waals surface area contributed by atoms with Crippen LogP contribution in [-0.4, -0.2) is 16.9 Å². The fraction of sp³-hybridized carbons (Fsp3) is 0.167. The number of amides is 1. The van der Waals surface area contributed by atoms with Gasteiger partial charge in [-0.3, -0.25) is 4.79 Å². The maximum atomic E-state index is 11.8. The van der Waals surface area contributed by atoms with Crippen LogP contribution >= 0.6 is 22.6 Å². The highest BCUT2D eigenvalue weighted by atomic mass is 125. The molecule has 1 aromatic carbocycles. The van der Waals surface area contributed by atoms with E-state index >= 15 is 0 Å². The number of rotatable bonds is 2. The summed E-state index contributed by atoms with van der Waals surface area (Å²) in [6, 6.07) is 6.98. The number of hydrogen-bond donors (Lipinski definition) is 0. The van der Waals surface area contributed by atoms with Crippen LogP contribution in [0.5, 0.6) is 0 Å². The molecular formula is C12H10INO3. The van der Waals surface area contributed by atoms with E-state index in [0.717, 1.165) is 8.63 Å². The first-order valence-electron chi connectivity index (χ1n) is 5.06. The van der Waals surface area contributed by atoms with Crippen LogP contribution in [0, 0.1) is 3.57 Å². The molecule has 1 aliphatic heterocycles. The molecule has 4 nitrogen and oxygen atoms in total. The van der Waals surface area contributed by atoms with Crippen LogP contribution in [-0.2, 0) is 9.63 Å². The van der Waals surface area contributed by atoms with Gasteiger partial charge in [0.15, 0.2) is 0 Å². The molecule has 1 saturated heterocycles. The predicted molar refractivity (Wildman–Crippen MR) is 69.8 cm³/mol. The number of nitrogens with zero attached hydrogens (tertiary/aromatic N) is 1. The summed E-state index contributed by atoms with van der Waals surface area (Å²) in [6.07, 6.45) is 0.886. The Morgan fingerprint density at radius 1 is 1.41 bits per heavy atom. The zero-order valence-corrected chi connectivity index (χ0v) is 11.1. The Balaban J connectivity index is 2.12. The number of carbonyl (C=O) groups is 2. The summed E-state index contributed by atoms with van der Waals surface area (Å²) >= 11 is 2.11. The highest BCUT2D eigenvalue weighted by Gasteiger charge is 2.28. The molecule has 5 heteroatoms. The van der Waals surface area contributed by atoms with Gasteiger partial charge in [0.1, 0.15) is 0 Å². The Hall–Kier alpha value is -1.37. The molecular weight excluding hydrogens is 331 g/mol. The number of hydrogen-bond acceptors (Lipinski definition) is 3. The van der Waals surface area contributed by atoms with Crippen LogP contribution in [0.25, 0.3) is 0 Å². The van der Waals surface area contributed by atoms with Crippen molar-refractivity contribution in [2.24, 2.45) is 0 Å². The lowest BCUT2D eigenvalue weighted by Gasteiger charge is -2.15. The smallest absolute Gasteiger partial charge is 0.328 e. The Morgan fingerprint density at radius 2 is 2.18 bits per heavy atom. The largest absolute Gasteiger partial charge is 0.363 e. The fourth-order valence-corrected chi connectivity index (χ4v) is 2.04. The second-order valence-electron chi connectivity index (χ2n) is 3.64. The van der Waals surface area contributed by atoms with Crippen molar-refractivity contribution in [1.82, 2.24) is 5.06 Å². The first-order chi connectivity index (χ1) is 8.08. The summed E-state index contributed by atoms with van der Waals surface area (Å²) < 4.78 is 0.934. The molecule has 1 fully saturated rings. The maximum absolute atomic E-state index is 11.8. The van der Waals surface area contributed by atoms with Gasteiger partial charge in [-0.25, -0.2) is 4.79 Å². The van der Waals surface area contributed by atoms with Gasteiger partial charge in [-0.2, -0.15) is 0 Å². The summed E-state index contributed by atoms with van der Waals surface area (Å²) in [6.45, 7) is 3.68. The monoisotopic (exact) mass is 341 g/mol. The third-order valence-corrected chi connectivity index (χ3v) is 3.05. The number of halogens is 1. The molecule has 17 heavy (non-hydrogen) atoms. The molecule has 1 aromatic rings. The van der Waals surface area contributed by atoms with Crippen molar-refractivity contribution in [2.45, 2.75) is 12.8 Å². The van der Waals surface area contributed by atoms with Gasteiger partial charge in [0.2, 0.25) is 0 Å². The van der Waals surface area contributed by atoms with E-state index < -0.39 is 5.97 Å². The quantitative estimate of drug-likeness (QED) is 0.777. The van der Waals surface area contributed by atoms with Crippen molar-refractivity contribution in [3.8, 4) is 0 Å². The average molecular weight is 341 g/mol. The summed E-state index contributed by atoms with van der Waals surface area (Å²) in [7, 11) is 0. The second kappa shape index (κ2) is 4.87. The van der Waals surface area contributed by atoms with Crippen molar-refractivity contribution in [1.29, 1.82) is 0 Å². The van der Waals surface area contributed by atoms with Gasteiger partial charge < -0.3 is 4.84 Å². The molecule has 0 aliphatic carbocycles. The lowest BCUT2D eigenvalue weighted by atomic mass is 10.2. The van der Waals surface area contributed by atoms with Gasteiger partial charge >= 0.3 is 5.97 Å². The van der Waals surface area contributed by atoms with Crippen molar-refractivity contribution in [2.75, 3.05) is 0 Å². The molecule has 0 saturated carbocycles. The molecule has 1 amide bonds. The van der Waals surface area contributed by atoms with Crippen LogP contribution in [0.4, 0.5) is 0 Å². The molecule has 0 atom stereocenters. The third kappa shape index (κ3) is 2.66. The van der Waals surface area contributed by atoms with E-state index in [9.17, 15) is 9.59 Å². The molecule has 1 aliphatic rings. The minimum absolute atomic E-state index is 0.228. The highest BCUT2D eigenvalue weighted by molar-refractivity contribution is 14.1. The van der Waals surface area contributed by atoms with Crippen molar-refractivity contribution in [3.05, 3.63) is 45.7 Å². The van der Waals surface area contributed by atoms with E-state index in [1.165, 1.54) is 0 Å². The highest BCUT2D eigenvalue weighted by Crippen LogP contribution is 2.22. The van der Waals surface area contributed by atoms with Crippen LogP contribution in [0.15, 0.2) is 36.5 Å². The second-order valence-corrected chi connectivity index (χ2v) is 4.89. The Kier molecular flexibility index (Phi) is 3.46. The van der Waals surface area contributed by atoms with E-state index in [-0.39, 0.29) is 5.91 Å². The van der Waals surface area contributed by atoms with Crippen LogP contribution in [0.3, 0.4) is 0 Å². The SMILES string of the molecule is C=C1CCC(=O)N1OC(=O)c1cccc([125I])c1. The molecule has 0 N–H and O–H groups in total. The van der Waals surface area contributed by atoms with Crippen molar-refractivity contribution < 1.29 is 14.4 Å². The zero-order valence-electron chi connectivity index (χ0n) is 8.98. The molecule has 0 aromatic heterocycles. The summed E-state index contributed by atoms with van der Waals surface area (Å²) in [4.78, 5) is 28.2. The minimum atomic E-state index is -0.542. The Bertz CT molecular complexity index is 482. The molecule has 0 radical (unpaired) electrons. The van der Waals surface area contributed by atoms with E-state index in [1.807, 2.05) is 6.07 Å². The van der Waals surface area contributed by atoms with E-state index in [4.69, 9.17) is 4.84 Å². The van der Waals surface area contributed by atoms with Gasteiger partial charge in [-0.05, 0) is 47.2 Å². The van der Waals surface area contributed by atoms with Crippen molar-refractivity contribution in [3.63, 3.8) is 0 Å². The predicted octanol–water partition coefficient (Wildman–Crippen LogP) is 2.50. The number of benzene rings is 1. The summed E-state index contributed by atoms with van der Waals surface area (Å²) in [5.74, 6) is -0.770. The number of hydroxylamine groups is 2. The molecule has 1 heterocycles. The van der Waals surface area contributed by atoms with Gasteiger partial charge in [-0.15, -0.1) is 5.06 Å². The first kappa shape index (κ1) is 12.1. The number of carbonyl (C=O) groups excluding carboxylic acids is 2. The average Bonchev–Trinajstić information content (AvgIpc) is 2.61. The summed E-state index contributed by atoms with van der Waals surface area (Å²) in [5.41, 5.74) is 0.943. The lowest BCUT2D eigenvalue weighted by molar-refractivity contribution is -0.153. The molecule has 0 spiro atoms. The zero-order chi connectivity index (χ0) is 12.4. The van der Waals surface area contributed by atoms with Gasteiger partial charge in [0, 0.05) is 9.99 Å². The van der Waals surface area contributed by atoms with Gasteiger partial charge in [0.05, 0.1) is 11.3 Å². The normalized spacial score (nSPS) is 15.2. The van der Waals surface area contributed by atoms with Crippen LogP contribution in [0.2, 0.25) is 0 Å². The maximum Gasteiger partial charge on any atom is 0.363 e. The topological polar surface area (TPSA) is 46.6 Å². The van der Waals surface area contributed by atoms with Crippen LogP contribution < -0.4 is 0 Å². The summed E-state index contributed by atoms with van der Waals surface area (Å²) in [5, 5.41) is 0.988. The molecule has 0 unspecified atom stereocenters. The Labute approximate surface area is 112 Å². The standard InChI is InChI=1S/C12H10INO3/c1-8-5-6-11(15)14(8)17-12(16)9-3-2-4-10(13)7-9/h2-4,7H,1,5-6H2/i13-2. The van der Waals surface area contributed by atoms with Gasteiger partial charge in [-0.1, -0.05) is 12.6 Å². The molecule has 2 rings (SSSR count). The fourth-order valence-electron chi connectivity index (χ4n) is 1.50. The van der Waals surface area contributed by atoms with E-state index in [1.54, 1.807) is 18.2 Å². The third-order valence-electron chi connectivity index (χ3n) is 2.38. The molecule has 0 bridgehead atoms. The molecule has 88 valence electrons. The minimum Gasteiger partial charge on any atom is -0.328 e. The Morgan fingerprint density at radius 3 is 2.76 bits per heavy atom. The lowest BCUT2D eigenvalue weighted by Crippen LogP contribution is -2.26.